The molecule has 214 valence electrons. The Balaban J connectivity index is 1.45. The number of nitrogens with one attached hydrogen (secondary N) is 1. The Morgan fingerprint density at radius 2 is 1.90 bits per heavy atom. The quantitative estimate of drug-likeness (QED) is 0.222. The Bertz CT molecular complexity index is 1800. The van der Waals surface area contributed by atoms with E-state index in [1.165, 1.54) is 27.4 Å². The largest absolute Gasteiger partial charge is 0.494 e. The van der Waals surface area contributed by atoms with Gasteiger partial charge in [0.05, 0.1) is 22.3 Å². The molecule has 0 radical (unpaired) electrons. The molecule has 3 aromatic heterocycles. The summed E-state index contributed by atoms with van der Waals surface area (Å²) in [6.07, 6.45) is 6.95. The summed E-state index contributed by atoms with van der Waals surface area (Å²) in [7, 11) is 4.19. The second kappa shape index (κ2) is 10.2. The molecule has 2 N–H and O–H groups in total. The lowest BCUT2D eigenvalue weighted by Gasteiger charge is -2.32. The standard InChI is InChI=1S/C32H39N7O2/c1-5-41-35-20(2)21-7-10-27-23(17-21)29-24-18-33-32(40)30(24)28-22(8-9-26-25(28)19-37(4)34-26)31(29)39(27)12-6-11-38-15-13-36(3)14-16-38/h7,10,17-19,33,40H,5-6,8-9,11-16H2,1-4H3. The SMILES string of the molecule is CCON=C(C)c1ccc2c(c1)c1c3c[nH]c(O)c3c3c(c1n2CCCN1CCN(C)CC1)CCc1nn(C)cc1-3. The molecule has 41 heavy (non-hydrogen) atoms. The van der Waals surface area contributed by atoms with E-state index in [2.05, 4.69) is 56.0 Å². The molecule has 0 bridgehead atoms. The molecule has 9 nitrogen and oxygen atoms in total. The number of hydrogen-bond acceptors (Lipinski definition) is 6. The minimum Gasteiger partial charge on any atom is -0.494 e. The van der Waals surface area contributed by atoms with Crippen LogP contribution in [0.25, 0.3) is 43.7 Å². The predicted octanol–water partition coefficient (Wildman–Crippen LogP) is 4.88. The molecule has 4 heterocycles. The van der Waals surface area contributed by atoms with Gasteiger partial charge in [-0.15, -0.1) is 0 Å². The topological polar surface area (TPSA) is 86.8 Å². The summed E-state index contributed by atoms with van der Waals surface area (Å²) in [6.45, 7) is 11.0. The van der Waals surface area contributed by atoms with E-state index >= 15 is 0 Å². The fourth-order valence-corrected chi connectivity index (χ4v) is 6.98. The van der Waals surface area contributed by atoms with Gasteiger partial charge in [-0.3, -0.25) is 4.68 Å². The van der Waals surface area contributed by atoms with Crippen molar-refractivity contribution in [2.75, 3.05) is 46.4 Å². The lowest BCUT2D eigenvalue weighted by Crippen LogP contribution is -2.44. The molecule has 0 spiro atoms. The van der Waals surface area contributed by atoms with Gasteiger partial charge < -0.3 is 29.3 Å². The van der Waals surface area contributed by atoms with E-state index in [-0.39, 0.29) is 5.88 Å². The molecular formula is C32H39N7O2. The molecule has 1 fully saturated rings. The average molecular weight is 554 g/mol. The second-order valence-corrected chi connectivity index (χ2v) is 11.6. The van der Waals surface area contributed by atoms with Crippen LogP contribution in [0.3, 0.4) is 0 Å². The lowest BCUT2D eigenvalue weighted by molar-refractivity contribution is 0.151. The number of fused-ring (bicyclic) bond motifs is 10. The number of rotatable bonds is 7. The molecular weight excluding hydrogens is 514 g/mol. The van der Waals surface area contributed by atoms with Crippen LogP contribution >= 0.6 is 0 Å². The van der Waals surface area contributed by atoms with Crippen molar-refractivity contribution in [1.29, 1.82) is 0 Å². The van der Waals surface area contributed by atoms with E-state index < -0.39 is 0 Å². The van der Waals surface area contributed by atoms with Crippen molar-refractivity contribution < 1.29 is 9.94 Å². The van der Waals surface area contributed by atoms with E-state index in [9.17, 15) is 5.11 Å². The average Bonchev–Trinajstić information content (AvgIpc) is 3.65. The van der Waals surface area contributed by atoms with Gasteiger partial charge in [0.15, 0.2) is 5.88 Å². The summed E-state index contributed by atoms with van der Waals surface area (Å²) in [4.78, 5) is 13.5. The number of aromatic nitrogens is 4. The number of aromatic hydroxyl groups is 1. The van der Waals surface area contributed by atoms with Crippen LogP contribution in [0, 0.1) is 0 Å². The number of likely N-dealkylation sites (N-methyl/N-ethyl adjacent to an activating group) is 1. The zero-order chi connectivity index (χ0) is 28.2. The zero-order valence-corrected chi connectivity index (χ0v) is 24.5. The Hall–Kier alpha value is -3.82. The third-order valence-electron chi connectivity index (χ3n) is 9.02. The molecule has 7 rings (SSSR count). The Morgan fingerprint density at radius 1 is 1.07 bits per heavy atom. The number of H-pyrrole nitrogens is 1. The fraction of sp³-hybridized carbons (Fsp3) is 0.438. The van der Waals surface area contributed by atoms with Crippen LogP contribution in [0.4, 0.5) is 0 Å². The first-order valence-corrected chi connectivity index (χ1v) is 14.9. The van der Waals surface area contributed by atoms with Crippen molar-refractivity contribution in [2.24, 2.45) is 12.2 Å². The number of piperazine rings is 1. The highest BCUT2D eigenvalue weighted by Crippen LogP contribution is 2.49. The molecule has 2 aliphatic rings. The molecule has 1 aliphatic heterocycles. The molecule has 9 heteroatoms. The molecule has 5 aromatic rings. The van der Waals surface area contributed by atoms with Gasteiger partial charge in [0, 0.05) is 85.0 Å². The second-order valence-electron chi connectivity index (χ2n) is 11.6. The molecule has 0 atom stereocenters. The third kappa shape index (κ3) is 4.30. The highest BCUT2D eigenvalue weighted by Gasteiger charge is 2.30. The summed E-state index contributed by atoms with van der Waals surface area (Å²) in [6, 6.07) is 6.66. The third-order valence-corrected chi connectivity index (χ3v) is 9.02. The first-order chi connectivity index (χ1) is 19.9. The summed E-state index contributed by atoms with van der Waals surface area (Å²) < 4.78 is 4.45. The van der Waals surface area contributed by atoms with Crippen LogP contribution in [-0.4, -0.2) is 86.3 Å². The monoisotopic (exact) mass is 553 g/mol. The van der Waals surface area contributed by atoms with Gasteiger partial charge in [-0.2, -0.15) is 5.10 Å². The number of oxime groups is 1. The molecule has 0 unspecified atom stereocenters. The van der Waals surface area contributed by atoms with Crippen LogP contribution < -0.4 is 0 Å². The van der Waals surface area contributed by atoms with E-state index in [1.54, 1.807) is 0 Å². The minimum atomic E-state index is 0.219. The first-order valence-electron chi connectivity index (χ1n) is 14.9. The van der Waals surface area contributed by atoms with Crippen molar-refractivity contribution in [3.05, 3.63) is 47.4 Å². The molecule has 1 saturated heterocycles. The van der Waals surface area contributed by atoms with Gasteiger partial charge in [0.2, 0.25) is 0 Å². The fourth-order valence-electron chi connectivity index (χ4n) is 6.98. The summed E-state index contributed by atoms with van der Waals surface area (Å²) in [5, 5.41) is 24.6. The molecule has 1 aliphatic carbocycles. The summed E-state index contributed by atoms with van der Waals surface area (Å²) >= 11 is 0. The van der Waals surface area contributed by atoms with Crippen molar-refractivity contribution in [2.45, 2.75) is 39.7 Å². The van der Waals surface area contributed by atoms with Crippen molar-refractivity contribution in [3.8, 4) is 17.0 Å². The first kappa shape index (κ1) is 26.1. The number of nitrogens with zero attached hydrogens (tertiary/aromatic N) is 6. The number of aromatic amines is 1. The maximum absolute atomic E-state index is 11.1. The summed E-state index contributed by atoms with van der Waals surface area (Å²) in [5.41, 5.74) is 9.07. The lowest BCUT2D eigenvalue weighted by atomic mass is 9.85. The van der Waals surface area contributed by atoms with E-state index in [4.69, 9.17) is 9.94 Å². The zero-order valence-electron chi connectivity index (χ0n) is 24.5. The van der Waals surface area contributed by atoms with Crippen LogP contribution in [0.5, 0.6) is 5.88 Å². The Kier molecular flexibility index (Phi) is 6.51. The van der Waals surface area contributed by atoms with Crippen molar-refractivity contribution in [1.82, 2.24) is 29.1 Å². The highest BCUT2D eigenvalue weighted by molar-refractivity contribution is 6.27. The maximum atomic E-state index is 11.1. The van der Waals surface area contributed by atoms with Gasteiger partial charge in [-0.1, -0.05) is 11.2 Å². The van der Waals surface area contributed by atoms with Crippen molar-refractivity contribution in [3.63, 3.8) is 0 Å². The smallest absolute Gasteiger partial charge is 0.197 e. The predicted molar refractivity (Wildman–Crippen MR) is 165 cm³/mol. The summed E-state index contributed by atoms with van der Waals surface area (Å²) in [5.74, 6) is 0.219. The minimum absolute atomic E-state index is 0.219. The highest BCUT2D eigenvalue weighted by atomic mass is 16.6. The van der Waals surface area contributed by atoms with Crippen molar-refractivity contribution >= 4 is 38.3 Å². The molecule has 0 saturated carbocycles. The van der Waals surface area contributed by atoms with Crippen LogP contribution in [0.2, 0.25) is 0 Å². The van der Waals surface area contributed by atoms with Gasteiger partial charge >= 0.3 is 0 Å². The van der Waals surface area contributed by atoms with Crippen LogP contribution in [-0.2, 0) is 31.3 Å². The maximum Gasteiger partial charge on any atom is 0.197 e. The Morgan fingerprint density at radius 3 is 2.71 bits per heavy atom. The Labute approximate surface area is 240 Å². The van der Waals surface area contributed by atoms with Gasteiger partial charge in [0.1, 0.15) is 6.61 Å². The van der Waals surface area contributed by atoms with Gasteiger partial charge in [-0.05, 0) is 70.0 Å². The van der Waals surface area contributed by atoms with E-state index in [0.717, 1.165) is 97.4 Å². The number of aryl methyl sites for hydroxylation is 4. The van der Waals surface area contributed by atoms with Crippen LogP contribution in [0.1, 0.15) is 37.1 Å². The number of hydrogen-bond donors (Lipinski definition) is 2. The molecule has 0 amide bonds. The van der Waals surface area contributed by atoms with Gasteiger partial charge in [-0.25, -0.2) is 0 Å². The van der Waals surface area contributed by atoms with E-state index in [1.807, 2.05) is 31.8 Å². The normalized spacial score (nSPS) is 16.6. The van der Waals surface area contributed by atoms with Crippen LogP contribution in [0.15, 0.2) is 35.7 Å². The number of benzene rings is 2. The van der Waals surface area contributed by atoms with E-state index in [0.29, 0.717) is 6.61 Å². The molecule has 2 aromatic carbocycles. The van der Waals surface area contributed by atoms with Gasteiger partial charge in [0.25, 0.3) is 0 Å².